The Labute approximate surface area is 202 Å². The van der Waals surface area contributed by atoms with Gasteiger partial charge in [0.2, 0.25) is 5.91 Å². The SMILES string of the molecule is C=CC(F)(F)N1CCc2c(cc(NC(=O)Cc3ccccc3Cl)cc2S(=O)(=O)/N=C/N(C)C)C1. The molecule has 0 saturated heterocycles. The third-order valence-corrected chi connectivity index (χ3v) is 6.91. The number of carbonyl (C=O) groups is 1. The third-order valence-electron chi connectivity index (χ3n) is 5.25. The van der Waals surface area contributed by atoms with Crippen molar-refractivity contribution in [2.75, 3.05) is 26.0 Å². The predicted molar refractivity (Wildman–Crippen MR) is 129 cm³/mol. The molecule has 1 N–H and O–H groups in total. The van der Waals surface area contributed by atoms with Gasteiger partial charge >= 0.3 is 6.05 Å². The van der Waals surface area contributed by atoms with Gasteiger partial charge in [0.15, 0.2) is 0 Å². The second kappa shape index (κ2) is 10.2. The number of alkyl halides is 2. The molecular formula is C23H25ClF2N4O3S. The molecule has 34 heavy (non-hydrogen) atoms. The van der Waals surface area contributed by atoms with Crippen molar-refractivity contribution in [2.45, 2.75) is 30.3 Å². The molecule has 0 radical (unpaired) electrons. The Morgan fingerprint density at radius 3 is 2.68 bits per heavy atom. The van der Waals surface area contributed by atoms with Crippen molar-refractivity contribution in [1.82, 2.24) is 9.80 Å². The van der Waals surface area contributed by atoms with E-state index in [9.17, 15) is 22.0 Å². The molecule has 3 rings (SSSR count). The molecule has 0 aromatic heterocycles. The van der Waals surface area contributed by atoms with Crippen LogP contribution in [0.5, 0.6) is 0 Å². The van der Waals surface area contributed by atoms with E-state index in [2.05, 4.69) is 16.3 Å². The number of fused-ring (bicyclic) bond motifs is 1. The van der Waals surface area contributed by atoms with Crippen LogP contribution in [0.3, 0.4) is 0 Å². The average molecular weight is 511 g/mol. The van der Waals surface area contributed by atoms with Crippen molar-refractivity contribution in [3.63, 3.8) is 0 Å². The normalized spacial score (nSPS) is 14.6. The summed E-state index contributed by atoms with van der Waals surface area (Å²) in [5.74, 6) is -0.433. The van der Waals surface area contributed by atoms with Crippen molar-refractivity contribution >= 4 is 39.6 Å². The van der Waals surface area contributed by atoms with Crippen LogP contribution in [0.2, 0.25) is 5.02 Å². The lowest BCUT2D eigenvalue weighted by Crippen LogP contribution is -2.43. The van der Waals surface area contributed by atoms with E-state index in [0.717, 1.165) is 11.2 Å². The van der Waals surface area contributed by atoms with Gasteiger partial charge in [0.1, 0.15) is 6.34 Å². The van der Waals surface area contributed by atoms with Crippen LogP contribution in [-0.2, 0) is 34.2 Å². The van der Waals surface area contributed by atoms with Gasteiger partial charge in [-0.15, -0.1) is 4.40 Å². The third kappa shape index (κ3) is 5.99. The fourth-order valence-electron chi connectivity index (χ4n) is 3.58. The molecule has 0 spiro atoms. The topological polar surface area (TPSA) is 82.1 Å². The Morgan fingerprint density at radius 1 is 1.32 bits per heavy atom. The van der Waals surface area contributed by atoms with Gasteiger partial charge in [0, 0.05) is 37.9 Å². The largest absolute Gasteiger partial charge is 0.368 e. The van der Waals surface area contributed by atoms with E-state index < -0.39 is 22.0 Å². The highest BCUT2D eigenvalue weighted by Crippen LogP contribution is 2.34. The maximum Gasteiger partial charge on any atom is 0.324 e. The molecule has 0 unspecified atom stereocenters. The highest BCUT2D eigenvalue weighted by molar-refractivity contribution is 7.90. The smallest absolute Gasteiger partial charge is 0.324 e. The van der Waals surface area contributed by atoms with Crippen LogP contribution in [-0.4, -0.2) is 57.1 Å². The number of amides is 1. The Balaban J connectivity index is 2.00. The minimum Gasteiger partial charge on any atom is -0.368 e. The van der Waals surface area contributed by atoms with E-state index in [4.69, 9.17) is 11.6 Å². The number of rotatable bonds is 8. The number of hydrogen-bond acceptors (Lipinski definition) is 4. The van der Waals surface area contributed by atoms with Gasteiger partial charge in [-0.25, -0.2) is 4.90 Å². The lowest BCUT2D eigenvalue weighted by Gasteiger charge is -2.34. The summed E-state index contributed by atoms with van der Waals surface area (Å²) in [6, 6.07) is 6.41. The summed E-state index contributed by atoms with van der Waals surface area (Å²) >= 11 is 6.12. The zero-order chi connectivity index (χ0) is 25.1. The van der Waals surface area contributed by atoms with Crippen LogP contribution < -0.4 is 5.32 Å². The number of halogens is 3. The maximum absolute atomic E-state index is 14.2. The van der Waals surface area contributed by atoms with Crippen molar-refractivity contribution in [3.05, 3.63) is 70.8 Å². The summed E-state index contributed by atoms with van der Waals surface area (Å²) < 4.78 is 58.1. The first-order chi connectivity index (χ1) is 15.9. The van der Waals surface area contributed by atoms with Crippen molar-refractivity contribution in [1.29, 1.82) is 0 Å². The first-order valence-corrected chi connectivity index (χ1v) is 12.2. The molecular weight excluding hydrogens is 486 g/mol. The monoisotopic (exact) mass is 510 g/mol. The van der Waals surface area contributed by atoms with Gasteiger partial charge in [-0.1, -0.05) is 36.4 Å². The maximum atomic E-state index is 14.2. The molecule has 0 fully saturated rings. The van der Waals surface area contributed by atoms with Crippen LogP contribution in [0.15, 0.2) is 58.3 Å². The second-order valence-corrected chi connectivity index (χ2v) is 10.1. The van der Waals surface area contributed by atoms with Gasteiger partial charge in [-0.2, -0.15) is 17.2 Å². The van der Waals surface area contributed by atoms with E-state index in [1.54, 1.807) is 38.4 Å². The fourth-order valence-corrected chi connectivity index (χ4v) is 5.03. The number of carbonyl (C=O) groups excluding carboxylic acids is 1. The van der Waals surface area contributed by atoms with Gasteiger partial charge in [-0.3, -0.25) is 4.79 Å². The quantitative estimate of drug-likeness (QED) is 0.252. The van der Waals surface area contributed by atoms with Crippen LogP contribution >= 0.6 is 11.6 Å². The molecule has 1 aliphatic rings. The Kier molecular flexibility index (Phi) is 7.74. The molecule has 2 aromatic rings. The van der Waals surface area contributed by atoms with E-state index in [1.165, 1.54) is 17.0 Å². The molecule has 182 valence electrons. The highest BCUT2D eigenvalue weighted by Gasteiger charge is 2.37. The fraction of sp³-hybridized carbons (Fsp3) is 0.304. The lowest BCUT2D eigenvalue weighted by atomic mass is 9.98. The highest BCUT2D eigenvalue weighted by atomic mass is 35.5. The van der Waals surface area contributed by atoms with Gasteiger partial charge in [0.05, 0.1) is 11.3 Å². The summed E-state index contributed by atoms with van der Waals surface area (Å²) in [6.07, 6.45) is 1.72. The molecule has 0 bridgehead atoms. The summed E-state index contributed by atoms with van der Waals surface area (Å²) in [4.78, 5) is 14.9. The minimum atomic E-state index is -4.15. The molecule has 0 aliphatic carbocycles. The van der Waals surface area contributed by atoms with E-state index >= 15 is 0 Å². The standard InChI is InChI=1S/C23H25ClF2N4O3S/c1-4-23(25,26)30-10-9-19-17(14-30)11-18(13-21(19)34(32,33)27-15-29(2)3)28-22(31)12-16-7-5-6-8-20(16)24/h4-8,11,13,15H,1,9-10,12,14H2,2-3H3,(H,28,31)/b27-15+. The average Bonchev–Trinajstić information content (AvgIpc) is 2.78. The summed E-state index contributed by atoms with van der Waals surface area (Å²) in [5, 5.41) is 3.09. The number of hydrogen-bond donors (Lipinski definition) is 1. The van der Waals surface area contributed by atoms with Gasteiger partial charge in [0.25, 0.3) is 10.0 Å². The first kappa shape index (κ1) is 25.8. The molecule has 7 nitrogen and oxygen atoms in total. The van der Waals surface area contributed by atoms with Crippen LogP contribution in [0.25, 0.3) is 0 Å². The Bertz CT molecular complexity index is 1230. The first-order valence-electron chi connectivity index (χ1n) is 10.4. The molecule has 1 heterocycles. The van der Waals surface area contributed by atoms with E-state index in [-0.39, 0.29) is 36.5 Å². The number of anilines is 1. The zero-order valence-electron chi connectivity index (χ0n) is 18.8. The van der Waals surface area contributed by atoms with Gasteiger partial charge < -0.3 is 10.2 Å². The predicted octanol–water partition coefficient (Wildman–Crippen LogP) is 3.94. The Morgan fingerprint density at radius 2 is 2.03 bits per heavy atom. The van der Waals surface area contributed by atoms with Crippen LogP contribution in [0.1, 0.15) is 16.7 Å². The molecule has 0 saturated carbocycles. The van der Waals surface area contributed by atoms with Crippen molar-refractivity contribution in [2.24, 2.45) is 4.40 Å². The van der Waals surface area contributed by atoms with Crippen molar-refractivity contribution in [3.8, 4) is 0 Å². The van der Waals surface area contributed by atoms with E-state index in [1.807, 2.05) is 0 Å². The second-order valence-electron chi connectivity index (χ2n) is 8.05. The Hall–Kier alpha value is -2.82. The molecule has 11 heteroatoms. The van der Waals surface area contributed by atoms with Crippen molar-refractivity contribution < 1.29 is 22.0 Å². The number of nitrogens with one attached hydrogen (secondary N) is 1. The number of nitrogens with zero attached hydrogens (tertiary/aromatic N) is 3. The molecule has 2 aromatic carbocycles. The summed E-state index contributed by atoms with van der Waals surface area (Å²) in [7, 11) is -0.910. The van der Waals surface area contributed by atoms with Crippen LogP contribution in [0, 0.1) is 0 Å². The van der Waals surface area contributed by atoms with Crippen LogP contribution in [0.4, 0.5) is 14.5 Å². The number of benzene rings is 2. The summed E-state index contributed by atoms with van der Waals surface area (Å²) in [5.41, 5.74) is 1.52. The van der Waals surface area contributed by atoms with E-state index in [0.29, 0.717) is 27.8 Å². The molecule has 1 amide bonds. The minimum absolute atomic E-state index is 0.0434. The summed E-state index contributed by atoms with van der Waals surface area (Å²) in [6.45, 7) is 2.90. The lowest BCUT2D eigenvalue weighted by molar-refractivity contribution is -0.115. The zero-order valence-corrected chi connectivity index (χ0v) is 20.3. The molecule has 1 aliphatic heterocycles. The molecule has 0 atom stereocenters. The number of sulfonamides is 1. The van der Waals surface area contributed by atoms with Gasteiger partial charge in [-0.05, 0) is 47.4 Å².